The molecule has 1 aromatic carbocycles. The summed E-state index contributed by atoms with van der Waals surface area (Å²) in [6, 6.07) is 1.74. The van der Waals surface area contributed by atoms with E-state index in [-0.39, 0.29) is 29.6 Å². The maximum Gasteiger partial charge on any atom is 0.234 e. The van der Waals surface area contributed by atoms with Crippen molar-refractivity contribution < 1.29 is 13.6 Å². The smallest absolute Gasteiger partial charge is 0.234 e. The monoisotopic (exact) mass is 258 g/mol. The summed E-state index contributed by atoms with van der Waals surface area (Å²) in [7, 11) is 0. The lowest BCUT2D eigenvalue weighted by molar-refractivity contribution is -0.119. The van der Waals surface area contributed by atoms with Gasteiger partial charge >= 0.3 is 0 Å². The SMILES string of the molecule is NCC(=O)NCC#Cc1cc(F)c(F)cc1Cl. The van der Waals surface area contributed by atoms with Gasteiger partial charge in [0.2, 0.25) is 5.91 Å². The van der Waals surface area contributed by atoms with Crippen molar-refractivity contribution in [2.75, 3.05) is 13.1 Å². The predicted octanol–water partition coefficient (Wildman–Crippen LogP) is 1.04. The number of amides is 1. The Labute approximate surface area is 102 Å². The summed E-state index contributed by atoms with van der Waals surface area (Å²) >= 11 is 5.65. The number of rotatable bonds is 2. The number of carbonyl (C=O) groups is 1. The Hall–Kier alpha value is -1.64. The summed E-state index contributed by atoms with van der Waals surface area (Å²) in [6.45, 7) is -0.0705. The molecule has 3 nitrogen and oxygen atoms in total. The van der Waals surface area contributed by atoms with Crippen LogP contribution in [0.3, 0.4) is 0 Å². The molecule has 6 heteroatoms. The van der Waals surface area contributed by atoms with Crippen LogP contribution in [0.1, 0.15) is 5.56 Å². The lowest BCUT2D eigenvalue weighted by Crippen LogP contribution is -2.30. The van der Waals surface area contributed by atoms with Crippen molar-refractivity contribution >= 4 is 17.5 Å². The van der Waals surface area contributed by atoms with E-state index >= 15 is 0 Å². The fraction of sp³-hybridized carbons (Fsp3) is 0.182. The first-order valence-electron chi connectivity index (χ1n) is 4.64. The van der Waals surface area contributed by atoms with Crippen molar-refractivity contribution in [1.29, 1.82) is 0 Å². The number of hydrogen-bond donors (Lipinski definition) is 2. The van der Waals surface area contributed by atoms with Gasteiger partial charge in [0.1, 0.15) is 0 Å². The molecule has 17 heavy (non-hydrogen) atoms. The maximum absolute atomic E-state index is 12.9. The van der Waals surface area contributed by atoms with Gasteiger partial charge in [-0.3, -0.25) is 4.79 Å². The van der Waals surface area contributed by atoms with Crippen LogP contribution < -0.4 is 11.1 Å². The van der Waals surface area contributed by atoms with Crippen LogP contribution in [0.2, 0.25) is 5.02 Å². The Morgan fingerprint density at radius 2 is 2.06 bits per heavy atom. The molecule has 0 spiro atoms. The number of carbonyl (C=O) groups excluding carboxylic acids is 1. The van der Waals surface area contributed by atoms with E-state index in [1.165, 1.54) is 0 Å². The molecule has 0 saturated carbocycles. The fourth-order valence-corrected chi connectivity index (χ4v) is 1.17. The normalized spacial score (nSPS) is 9.41. The standard InChI is InChI=1S/C11H9ClF2N2O/c12-8-5-10(14)9(13)4-7(8)2-1-3-16-11(17)6-15/h4-5H,3,6,15H2,(H,16,17). The van der Waals surface area contributed by atoms with Gasteiger partial charge < -0.3 is 11.1 Å². The van der Waals surface area contributed by atoms with Gasteiger partial charge in [0, 0.05) is 5.56 Å². The van der Waals surface area contributed by atoms with E-state index < -0.39 is 11.6 Å². The zero-order valence-corrected chi connectivity index (χ0v) is 9.44. The topological polar surface area (TPSA) is 55.1 Å². The number of hydrogen-bond acceptors (Lipinski definition) is 2. The Bertz CT molecular complexity index is 494. The second-order valence-corrected chi connectivity index (χ2v) is 3.44. The fourth-order valence-electron chi connectivity index (χ4n) is 0.973. The van der Waals surface area contributed by atoms with Gasteiger partial charge in [0.25, 0.3) is 0 Å². The molecular weight excluding hydrogens is 250 g/mol. The van der Waals surface area contributed by atoms with Crippen LogP contribution in [0, 0.1) is 23.5 Å². The van der Waals surface area contributed by atoms with E-state index in [0.717, 1.165) is 12.1 Å². The van der Waals surface area contributed by atoms with Crippen LogP contribution in [0.5, 0.6) is 0 Å². The van der Waals surface area contributed by atoms with E-state index in [2.05, 4.69) is 17.2 Å². The summed E-state index contributed by atoms with van der Waals surface area (Å²) in [5, 5.41) is 2.41. The number of nitrogens with one attached hydrogen (secondary N) is 1. The van der Waals surface area contributed by atoms with Crippen LogP contribution in [-0.4, -0.2) is 19.0 Å². The minimum atomic E-state index is -1.03. The third-order valence-corrected chi connectivity index (χ3v) is 2.11. The molecule has 0 radical (unpaired) electrons. The zero-order chi connectivity index (χ0) is 12.8. The first-order chi connectivity index (χ1) is 8.04. The molecule has 0 atom stereocenters. The quantitative estimate of drug-likeness (QED) is 0.615. The molecule has 0 aromatic heterocycles. The molecule has 0 aliphatic heterocycles. The lowest BCUT2D eigenvalue weighted by atomic mass is 10.2. The third-order valence-electron chi connectivity index (χ3n) is 1.79. The molecule has 0 unspecified atom stereocenters. The first kappa shape index (κ1) is 13.4. The summed E-state index contributed by atoms with van der Waals surface area (Å²) < 4.78 is 25.6. The molecule has 1 aromatic rings. The highest BCUT2D eigenvalue weighted by atomic mass is 35.5. The average molecular weight is 259 g/mol. The van der Waals surface area contributed by atoms with Crippen LogP contribution in [0.15, 0.2) is 12.1 Å². The van der Waals surface area contributed by atoms with Gasteiger partial charge in [-0.05, 0) is 12.1 Å². The molecule has 1 rings (SSSR count). The molecule has 0 saturated heterocycles. The third kappa shape index (κ3) is 4.02. The summed E-state index contributed by atoms with van der Waals surface area (Å²) in [5.74, 6) is 2.65. The van der Waals surface area contributed by atoms with E-state index in [9.17, 15) is 13.6 Å². The Balaban J connectivity index is 2.72. The summed E-state index contributed by atoms with van der Waals surface area (Å²) in [4.78, 5) is 10.7. The molecule has 0 fully saturated rings. The Kier molecular flexibility index (Phi) is 4.88. The molecule has 90 valence electrons. The van der Waals surface area contributed by atoms with Crippen LogP contribution in [0.4, 0.5) is 8.78 Å². The van der Waals surface area contributed by atoms with Crippen LogP contribution >= 0.6 is 11.6 Å². The van der Waals surface area contributed by atoms with E-state index in [0.29, 0.717) is 0 Å². The lowest BCUT2D eigenvalue weighted by Gasteiger charge is -1.98. The minimum absolute atomic E-state index is 0.0153. The number of halogens is 3. The van der Waals surface area contributed by atoms with E-state index in [4.69, 9.17) is 17.3 Å². The second kappa shape index (κ2) is 6.18. The van der Waals surface area contributed by atoms with Gasteiger partial charge in [0.15, 0.2) is 11.6 Å². The first-order valence-corrected chi connectivity index (χ1v) is 5.02. The highest BCUT2D eigenvalue weighted by molar-refractivity contribution is 6.31. The average Bonchev–Trinajstić information content (AvgIpc) is 2.30. The molecule has 0 heterocycles. The van der Waals surface area contributed by atoms with E-state index in [1.54, 1.807) is 0 Å². The summed E-state index contributed by atoms with van der Waals surface area (Å²) in [6.07, 6.45) is 0. The highest BCUT2D eigenvalue weighted by Crippen LogP contribution is 2.18. The Morgan fingerprint density at radius 3 is 2.71 bits per heavy atom. The molecule has 1 amide bonds. The number of benzene rings is 1. The minimum Gasteiger partial charge on any atom is -0.344 e. The highest BCUT2D eigenvalue weighted by Gasteiger charge is 2.06. The van der Waals surface area contributed by atoms with Crippen molar-refractivity contribution in [3.63, 3.8) is 0 Å². The van der Waals surface area contributed by atoms with E-state index in [1.807, 2.05) is 0 Å². The van der Waals surface area contributed by atoms with Gasteiger partial charge in [-0.2, -0.15) is 0 Å². The van der Waals surface area contributed by atoms with Gasteiger partial charge in [-0.25, -0.2) is 8.78 Å². The largest absolute Gasteiger partial charge is 0.344 e. The van der Waals surface area contributed by atoms with Crippen molar-refractivity contribution in [3.8, 4) is 11.8 Å². The van der Waals surface area contributed by atoms with Gasteiger partial charge in [-0.15, -0.1) is 0 Å². The van der Waals surface area contributed by atoms with Gasteiger partial charge in [0.05, 0.1) is 18.1 Å². The summed E-state index contributed by atoms with van der Waals surface area (Å²) in [5.41, 5.74) is 5.21. The second-order valence-electron chi connectivity index (χ2n) is 3.03. The molecule has 0 aliphatic carbocycles. The molecule has 0 bridgehead atoms. The van der Waals surface area contributed by atoms with Crippen LogP contribution in [-0.2, 0) is 4.79 Å². The molecular formula is C11H9ClF2N2O. The predicted molar refractivity (Wildman–Crippen MR) is 60.3 cm³/mol. The van der Waals surface area contributed by atoms with Crippen molar-refractivity contribution in [1.82, 2.24) is 5.32 Å². The number of nitrogens with two attached hydrogens (primary N) is 1. The Morgan fingerprint density at radius 1 is 1.41 bits per heavy atom. The van der Waals surface area contributed by atoms with Crippen LogP contribution in [0.25, 0.3) is 0 Å². The zero-order valence-electron chi connectivity index (χ0n) is 8.69. The molecule has 0 aliphatic rings. The van der Waals surface area contributed by atoms with Crippen molar-refractivity contribution in [2.24, 2.45) is 5.73 Å². The van der Waals surface area contributed by atoms with Crippen molar-refractivity contribution in [3.05, 3.63) is 34.4 Å². The van der Waals surface area contributed by atoms with Gasteiger partial charge in [-0.1, -0.05) is 23.4 Å². The maximum atomic E-state index is 12.9. The van der Waals surface area contributed by atoms with Crippen molar-refractivity contribution in [2.45, 2.75) is 0 Å². The molecule has 3 N–H and O–H groups in total.